The summed E-state index contributed by atoms with van der Waals surface area (Å²) in [7, 11) is 0. The second kappa shape index (κ2) is 5.11. The van der Waals surface area contributed by atoms with Crippen LogP contribution in [0, 0.1) is 0 Å². The van der Waals surface area contributed by atoms with Crippen molar-refractivity contribution in [2.45, 2.75) is 0 Å². The van der Waals surface area contributed by atoms with Gasteiger partial charge in [-0.1, -0.05) is 41.4 Å². The molecule has 0 fully saturated rings. The Labute approximate surface area is 123 Å². The number of benzene rings is 2. The van der Waals surface area contributed by atoms with Gasteiger partial charge in [-0.2, -0.15) is 15.4 Å². The van der Waals surface area contributed by atoms with Crippen LogP contribution >= 0.6 is 23.2 Å². The molecule has 0 radical (unpaired) electrons. The molecule has 0 atom stereocenters. The standard InChI is InChI=1S/C13H8Cl2N4O/c14-8-6-9-11(18-19-17-9)12(10(8)15)16-13(20)7-4-2-1-3-5-7/h1-6H,(H,16,20)(H,17,18,19). The number of carbonyl (C=O) groups excluding carboxylic acids is 1. The summed E-state index contributed by atoms with van der Waals surface area (Å²) in [4.78, 5) is 12.2. The van der Waals surface area contributed by atoms with Gasteiger partial charge in [0, 0.05) is 5.56 Å². The molecule has 0 saturated heterocycles. The van der Waals surface area contributed by atoms with Gasteiger partial charge < -0.3 is 5.32 Å². The van der Waals surface area contributed by atoms with Crippen LogP contribution in [-0.2, 0) is 0 Å². The molecule has 5 nitrogen and oxygen atoms in total. The third kappa shape index (κ3) is 2.21. The number of aromatic nitrogens is 3. The van der Waals surface area contributed by atoms with Crippen molar-refractivity contribution in [3.05, 3.63) is 52.0 Å². The third-order valence-electron chi connectivity index (χ3n) is 2.78. The van der Waals surface area contributed by atoms with Gasteiger partial charge >= 0.3 is 0 Å². The normalized spacial score (nSPS) is 10.7. The molecule has 0 spiro atoms. The van der Waals surface area contributed by atoms with Gasteiger partial charge in [-0.15, -0.1) is 0 Å². The van der Waals surface area contributed by atoms with E-state index in [-0.39, 0.29) is 10.9 Å². The number of halogens is 2. The minimum atomic E-state index is -0.293. The first-order valence-corrected chi connectivity index (χ1v) is 6.47. The molecule has 1 amide bonds. The number of rotatable bonds is 2. The number of hydrogen-bond acceptors (Lipinski definition) is 3. The molecule has 100 valence electrons. The van der Waals surface area contributed by atoms with Crippen LogP contribution in [0.4, 0.5) is 5.69 Å². The van der Waals surface area contributed by atoms with Crippen molar-refractivity contribution in [3.63, 3.8) is 0 Å². The summed E-state index contributed by atoms with van der Waals surface area (Å²) in [5, 5.41) is 13.6. The lowest BCUT2D eigenvalue weighted by molar-refractivity contribution is 0.102. The molecular weight excluding hydrogens is 299 g/mol. The van der Waals surface area contributed by atoms with E-state index in [0.717, 1.165) is 0 Å². The van der Waals surface area contributed by atoms with E-state index in [0.29, 0.717) is 27.3 Å². The topological polar surface area (TPSA) is 70.7 Å². The van der Waals surface area contributed by atoms with Gasteiger partial charge in [0.25, 0.3) is 5.91 Å². The summed E-state index contributed by atoms with van der Waals surface area (Å²) in [6.45, 7) is 0. The van der Waals surface area contributed by atoms with Crippen LogP contribution in [0.15, 0.2) is 36.4 Å². The first kappa shape index (κ1) is 12.9. The molecule has 0 aliphatic carbocycles. The van der Waals surface area contributed by atoms with E-state index < -0.39 is 0 Å². The van der Waals surface area contributed by atoms with Crippen LogP contribution in [0.1, 0.15) is 10.4 Å². The van der Waals surface area contributed by atoms with Crippen molar-refractivity contribution >= 4 is 45.8 Å². The minimum Gasteiger partial charge on any atom is -0.319 e. The highest BCUT2D eigenvalue weighted by Gasteiger charge is 2.16. The Balaban J connectivity index is 2.04. The Morgan fingerprint density at radius 2 is 1.90 bits per heavy atom. The zero-order valence-corrected chi connectivity index (χ0v) is 11.5. The summed E-state index contributed by atoms with van der Waals surface area (Å²) in [6, 6.07) is 10.4. The number of hydrogen-bond donors (Lipinski definition) is 2. The average molecular weight is 307 g/mol. The lowest BCUT2D eigenvalue weighted by Crippen LogP contribution is -2.12. The molecular formula is C13H8Cl2N4O. The van der Waals surface area contributed by atoms with E-state index >= 15 is 0 Å². The maximum Gasteiger partial charge on any atom is 0.255 e. The summed E-state index contributed by atoms with van der Waals surface area (Å²) in [5.41, 5.74) is 1.85. The highest BCUT2D eigenvalue weighted by molar-refractivity contribution is 6.45. The molecule has 0 aliphatic heterocycles. The van der Waals surface area contributed by atoms with Gasteiger partial charge in [0.05, 0.1) is 15.7 Å². The number of nitrogens with one attached hydrogen (secondary N) is 2. The van der Waals surface area contributed by atoms with E-state index in [1.54, 1.807) is 30.3 Å². The molecule has 2 aromatic carbocycles. The number of nitrogens with zero attached hydrogens (tertiary/aromatic N) is 2. The summed E-state index contributed by atoms with van der Waals surface area (Å²) in [6.07, 6.45) is 0. The van der Waals surface area contributed by atoms with Crippen molar-refractivity contribution in [1.29, 1.82) is 0 Å². The van der Waals surface area contributed by atoms with Crippen LogP contribution in [0.25, 0.3) is 11.0 Å². The van der Waals surface area contributed by atoms with Crippen LogP contribution < -0.4 is 5.32 Å². The van der Waals surface area contributed by atoms with E-state index in [2.05, 4.69) is 20.7 Å². The Morgan fingerprint density at radius 1 is 1.15 bits per heavy atom. The first-order chi connectivity index (χ1) is 9.66. The van der Waals surface area contributed by atoms with E-state index in [1.807, 2.05) is 6.07 Å². The Morgan fingerprint density at radius 3 is 2.65 bits per heavy atom. The van der Waals surface area contributed by atoms with Gasteiger partial charge in [-0.25, -0.2) is 0 Å². The number of aromatic amines is 1. The van der Waals surface area contributed by atoms with E-state index in [9.17, 15) is 4.79 Å². The lowest BCUT2D eigenvalue weighted by atomic mass is 10.2. The van der Waals surface area contributed by atoms with Crippen molar-refractivity contribution in [2.75, 3.05) is 5.32 Å². The summed E-state index contributed by atoms with van der Waals surface area (Å²) in [5.74, 6) is -0.293. The van der Waals surface area contributed by atoms with Crippen molar-refractivity contribution in [3.8, 4) is 0 Å². The predicted molar refractivity (Wildman–Crippen MR) is 78.3 cm³/mol. The highest BCUT2D eigenvalue weighted by Crippen LogP contribution is 2.35. The molecule has 0 bridgehead atoms. The van der Waals surface area contributed by atoms with E-state index in [4.69, 9.17) is 23.2 Å². The first-order valence-electron chi connectivity index (χ1n) is 5.71. The number of amides is 1. The molecule has 1 heterocycles. The fourth-order valence-electron chi connectivity index (χ4n) is 1.82. The van der Waals surface area contributed by atoms with Crippen LogP contribution in [0.5, 0.6) is 0 Å². The number of carbonyl (C=O) groups is 1. The Kier molecular flexibility index (Phi) is 3.30. The van der Waals surface area contributed by atoms with Gasteiger partial charge in [-0.05, 0) is 18.2 Å². The third-order valence-corrected chi connectivity index (χ3v) is 3.57. The minimum absolute atomic E-state index is 0.234. The molecule has 0 aliphatic rings. The maximum atomic E-state index is 12.2. The van der Waals surface area contributed by atoms with E-state index in [1.165, 1.54) is 0 Å². The molecule has 20 heavy (non-hydrogen) atoms. The van der Waals surface area contributed by atoms with Gasteiger partial charge in [-0.3, -0.25) is 4.79 Å². The maximum absolute atomic E-state index is 12.2. The monoisotopic (exact) mass is 306 g/mol. The highest BCUT2D eigenvalue weighted by atomic mass is 35.5. The zero-order valence-electron chi connectivity index (χ0n) is 10.0. The molecule has 1 aromatic heterocycles. The number of anilines is 1. The number of fused-ring (bicyclic) bond motifs is 1. The second-order valence-electron chi connectivity index (χ2n) is 4.06. The molecule has 3 rings (SSSR count). The van der Waals surface area contributed by atoms with Gasteiger partial charge in [0.2, 0.25) is 0 Å². The molecule has 3 aromatic rings. The van der Waals surface area contributed by atoms with Crippen LogP contribution in [-0.4, -0.2) is 21.3 Å². The molecule has 0 unspecified atom stereocenters. The largest absolute Gasteiger partial charge is 0.319 e. The SMILES string of the molecule is O=C(Nc1c(Cl)c(Cl)cc2n[nH]nc12)c1ccccc1. The Hall–Kier alpha value is -2.11. The fourth-order valence-corrected chi connectivity index (χ4v) is 2.21. The molecule has 0 saturated carbocycles. The fraction of sp³-hybridized carbons (Fsp3) is 0. The average Bonchev–Trinajstić information content (AvgIpc) is 2.92. The van der Waals surface area contributed by atoms with Crippen LogP contribution in [0.2, 0.25) is 10.0 Å². The quantitative estimate of drug-likeness (QED) is 0.761. The molecule has 2 N–H and O–H groups in total. The zero-order chi connectivity index (χ0) is 14.1. The summed E-state index contributed by atoms with van der Waals surface area (Å²) >= 11 is 12.1. The summed E-state index contributed by atoms with van der Waals surface area (Å²) < 4.78 is 0. The van der Waals surface area contributed by atoms with Crippen LogP contribution in [0.3, 0.4) is 0 Å². The van der Waals surface area contributed by atoms with Crippen molar-refractivity contribution in [1.82, 2.24) is 15.4 Å². The second-order valence-corrected chi connectivity index (χ2v) is 4.84. The van der Waals surface area contributed by atoms with Gasteiger partial charge in [0.1, 0.15) is 11.0 Å². The number of H-pyrrole nitrogens is 1. The van der Waals surface area contributed by atoms with Gasteiger partial charge in [0.15, 0.2) is 0 Å². The Bertz CT molecular complexity index is 786. The molecule has 7 heteroatoms. The van der Waals surface area contributed by atoms with Crippen molar-refractivity contribution in [2.24, 2.45) is 0 Å². The smallest absolute Gasteiger partial charge is 0.255 e. The van der Waals surface area contributed by atoms with Crippen molar-refractivity contribution < 1.29 is 4.79 Å². The predicted octanol–water partition coefficient (Wildman–Crippen LogP) is 3.52. The lowest BCUT2D eigenvalue weighted by Gasteiger charge is -2.08.